The molecule has 0 aliphatic carbocycles. The summed E-state index contributed by atoms with van der Waals surface area (Å²) in [7, 11) is 0. The summed E-state index contributed by atoms with van der Waals surface area (Å²) in [4.78, 5) is 1.39. The molecule has 3 nitrogen and oxygen atoms in total. The molecule has 0 bridgehead atoms. The maximum absolute atomic E-state index is 13.0. The third-order valence-electron chi connectivity index (χ3n) is 3.41. The van der Waals surface area contributed by atoms with Gasteiger partial charge in [0.2, 0.25) is 0 Å². The van der Waals surface area contributed by atoms with E-state index in [1.807, 2.05) is 0 Å². The van der Waals surface area contributed by atoms with Gasteiger partial charge in [-0.05, 0) is 31.7 Å². The first-order valence-electron chi connectivity index (χ1n) is 6.07. The molecule has 3 N–H and O–H groups in total. The molecular weight excluding hydrogens is 233 g/mol. The number of piperidine rings is 1. The highest BCUT2D eigenvalue weighted by Crippen LogP contribution is 2.30. The van der Waals surface area contributed by atoms with E-state index in [4.69, 9.17) is 10.8 Å². The maximum atomic E-state index is 13.0. The van der Waals surface area contributed by atoms with Crippen LogP contribution >= 0.6 is 0 Å². The van der Waals surface area contributed by atoms with Crippen molar-refractivity contribution in [3.05, 3.63) is 0 Å². The van der Waals surface area contributed by atoms with E-state index in [0.717, 1.165) is 6.42 Å². The van der Waals surface area contributed by atoms with Crippen molar-refractivity contribution in [1.29, 1.82) is 0 Å². The average Bonchev–Trinajstić information content (AvgIpc) is 2.27. The lowest BCUT2D eigenvalue weighted by molar-refractivity contribution is -0.194. The van der Waals surface area contributed by atoms with Crippen LogP contribution in [-0.2, 0) is 0 Å². The van der Waals surface area contributed by atoms with Crippen molar-refractivity contribution in [1.82, 2.24) is 4.90 Å². The molecule has 1 rings (SSSR count). The Morgan fingerprint density at radius 3 is 2.59 bits per heavy atom. The Kier molecular flexibility index (Phi) is 5.22. The summed E-state index contributed by atoms with van der Waals surface area (Å²) in [6.45, 7) is 2.31. The standard InChI is InChI=1S/C11H21F3N2O/c1-2-9(15)10(11(12,13)14)16-5-3-4-8(6-16)7-17/h8-10,17H,2-7,15H2,1H3. The summed E-state index contributed by atoms with van der Waals surface area (Å²) in [6.07, 6.45) is -2.52. The van der Waals surface area contributed by atoms with Crippen LogP contribution in [0.25, 0.3) is 0 Å². The molecule has 0 amide bonds. The van der Waals surface area contributed by atoms with E-state index in [2.05, 4.69) is 0 Å². The third-order valence-corrected chi connectivity index (χ3v) is 3.41. The van der Waals surface area contributed by atoms with Crippen LogP contribution in [0, 0.1) is 5.92 Å². The van der Waals surface area contributed by atoms with Crippen molar-refractivity contribution >= 4 is 0 Å². The summed E-state index contributed by atoms with van der Waals surface area (Å²) in [5, 5.41) is 9.05. The highest BCUT2D eigenvalue weighted by molar-refractivity contribution is 4.90. The Bertz CT molecular complexity index is 235. The zero-order chi connectivity index (χ0) is 13.1. The van der Waals surface area contributed by atoms with E-state index in [1.54, 1.807) is 6.92 Å². The van der Waals surface area contributed by atoms with Gasteiger partial charge in [0, 0.05) is 19.2 Å². The lowest BCUT2D eigenvalue weighted by Gasteiger charge is -2.40. The number of likely N-dealkylation sites (tertiary alicyclic amines) is 1. The van der Waals surface area contributed by atoms with Gasteiger partial charge < -0.3 is 10.8 Å². The fourth-order valence-corrected chi connectivity index (χ4v) is 2.44. The van der Waals surface area contributed by atoms with Crippen LogP contribution in [-0.4, -0.2) is 48.0 Å². The molecule has 1 aliphatic heterocycles. The summed E-state index contributed by atoms with van der Waals surface area (Å²) in [5.41, 5.74) is 5.60. The molecule has 0 aromatic rings. The minimum atomic E-state index is -4.30. The Morgan fingerprint density at radius 2 is 2.12 bits per heavy atom. The Labute approximate surface area is 99.8 Å². The summed E-state index contributed by atoms with van der Waals surface area (Å²) in [5.74, 6) is -0.0577. The van der Waals surface area contributed by atoms with Gasteiger partial charge >= 0.3 is 6.18 Å². The molecule has 17 heavy (non-hydrogen) atoms. The molecule has 3 atom stereocenters. The number of aliphatic hydroxyl groups is 1. The zero-order valence-corrected chi connectivity index (χ0v) is 10.1. The minimum absolute atomic E-state index is 0.0531. The van der Waals surface area contributed by atoms with Gasteiger partial charge in [0.1, 0.15) is 6.04 Å². The Morgan fingerprint density at radius 1 is 1.47 bits per heavy atom. The average molecular weight is 254 g/mol. The SMILES string of the molecule is CCC(N)C(N1CCCC(CO)C1)C(F)(F)F. The van der Waals surface area contributed by atoms with Crippen molar-refractivity contribution in [3.8, 4) is 0 Å². The van der Waals surface area contributed by atoms with Crippen LogP contribution in [0.15, 0.2) is 0 Å². The highest BCUT2D eigenvalue weighted by Gasteiger charge is 2.47. The smallest absolute Gasteiger partial charge is 0.396 e. The predicted octanol–water partition coefficient (Wildman–Crippen LogP) is 1.36. The highest BCUT2D eigenvalue weighted by atomic mass is 19.4. The number of halogens is 3. The van der Waals surface area contributed by atoms with E-state index in [-0.39, 0.29) is 19.1 Å². The van der Waals surface area contributed by atoms with Crippen LogP contribution in [0.2, 0.25) is 0 Å². The summed E-state index contributed by atoms with van der Waals surface area (Å²) >= 11 is 0. The lowest BCUT2D eigenvalue weighted by atomic mass is 9.95. The van der Waals surface area contributed by atoms with Gasteiger partial charge in [-0.15, -0.1) is 0 Å². The number of hydrogen-bond donors (Lipinski definition) is 2. The van der Waals surface area contributed by atoms with Crippen molar-refractivity contribution in [3.63, 3.8) is 0 Å². The van der Waals surface area contributed by atoms with E-state index in [9.17, 15) is 13.2 Å². The van der Waals surface area contributed by atoms with Gasteiger partial charge in [-0.1, -0.05) is 6.92 Å². The first-order chi connectivity index (χ1) is 7.90. The van der Waals surface area contributed by atoms with Gasteiger partial charge in [0.25, 0.3) is 0 Å². The van der Waals surface area contributed by atoms with Crippen molar-refractivity contribution in [2.45, 2.75) is 44.4 Å². The minimum Gasteiger partial charge on any atom is -0.396 e. The van der Waals surface area contributed by atoms with Crippen molar-refractivity contribution < 1.29 is 18.3 Å². The van der Waals surface area contributed by atoms with Crippen LogP contribution in [0.3, 0.4) is 0 Å². The molecule has 0 spiro atoms. The van der Waals surface area contributed by atoms with Gasteiger partial charge in [-0.2, -0.15) is 13.2 Å². The maximum Gasteiger partial charge on any atom is 0.405 e. The quantitative estimate of drug-likeness (QED) is 0.796. The second kappa shape index (κ2) is 6.02. The molecule has 1 heterocycles. The number of nitrogens with two attached hydrogens (primary N) is 1. The molecule has 1 fully saturated rings. The first kappa shape index (κ1) is 14.7. The second-order valence-electron chi connectivity index (χ2n) is 4.74. The number of rotatable bonds is 4. The van der Waals surface area contributed by atoms with Crippen LogP contribution in [0.5, 0.6) is 0 Å². The van der Waals surface area contributed by atoms with Gasteiger partial charge in [0.15, 0.2) is 0 Å². The van der Waals surface area contributed by atoms with Gasteiger partial charge in [-0.25, -0.2) is 0 Å². The second-order valence-corrected chi connectivity index (χ2v) is 4.74. The Balaban J connectivity index is 2.76. The normalized spacial score (nSPS) is 26.8. The van der Waals surface area contributed by atoms with E-state index < -0.39 is 18.3 Å². The lowest BCUT2D eigenvalue weighted by Crippen LogP contribution is -2.58. The molecule has 0 radical (unpaired) electrons. The topological polar surface area (TPSA) is 49.5 Å². The molecule has 0 aromatic heterocycles. The molecule has 102 valence electrons. The van der Waals surface area contributed by atoms with Crippen LogP contribution < -0.4 is 5.73 Å². The number of alkyl halides is 3. The largest absolute Gasteiger partial charge is 0.405 e. The van der Waals surface area contributed by atoms with Gasteiger partial charge in [0.05, 0.1) is 0 Å². The number of aliphatic hydroxyl groups excluding tert-OH is 1. The first-order valence-corrected chi connectivity index (χ1v) is 6.07. The van der Waals surface area contributed by atoms with Crippen molar-refractivity contribution in [2.75, 3.05) is 19.7 Å². The number of nitrogens with zero attached hydrogens (tertiary/aromatic N) is 1. The van der Waals surface area contributed by atoms with E-state index in [0.29, 0.717) is 19.4 Å². The molecular formula is C11H21F3N2O. The van der Waals surface area contributed by atoms with E-state index in [1.165, 1.54) is 4.90 Å². The molecule has 0 aromatic carbocycles. The predicted molar refractivity (Wildman–Crippen MR) is 59.5 cm³/mol. The molecule has 0 saturated carbocycles. The molecule has 6 heteroatoms. The summed E-state index contributed by atoms with van der Waals surface area (Å²) in [6, 6.07) is -2.48. The van der Waals surface area contributed by atoms with Crippen LogP contribution in [0.1, 0.15) is 26.2 Å². The van der Waals surface area contributed by atoms with Crippen LogP contribution in [0.4, 0.5) is 13.2 Å². The fraction of sp³-hybridized carbons (Fsp3) is 1.00. The number of hydrogen-bond acceptors (Lipinski definition) is 3. The van der Waals surface area contributed by atoms with Crippen molar-refractivity contribution in [2.24, 2.45) is 11.7 Å². The zero-order valence-electron chi connectivity index (χ0n) is 10.1. The third kappa shape index (κ3) is 3.82. The summed E-state index contributed by atoms with van der Waals surface area (Å²) < 4.78 is 39.0. The monoisotopic (exact) mass is 254 g/mol. The Hall–Kier alpha value is -0.330. The van der Waals surface area contributed by atoms with Gasteiger partial charge in [-0.3, -0.25) is 4.90 Å². The van der Waals surface area contributed by atoms with E-state index >= 15 is 0 Å². The molecule has 1 aliphatic rings. The molecule has 3 unspecified atom stereocenters. The molecule has 1 saturated heterocycles. The fourth-order valence-electron chi connectivity index (χ4n) is 2.44.